The van der Waals surface area contributed by atoms with Crippen LogP contribution in [0.1, 0.15) is 26.3 Å². The Morgan fingerprint density at radius 1 is 1.05 bits per heavy atom. The van der Waals surface area contributed by atoms with Gasteiger partial charge >= 0.3 is 88.4 Å². The standard InChI is InChI=1S/C19H24N4O3.C8H10AsNO5/c1-15(2)25-11-17(10-24-9-16-6-4-3-5-7-16)26-14-23-13-22-19-18(23)8-20-12-21-19;1-6(11)10-8-5-3-2-4-7(8)9(12,13)15-14/h3-8,12-13,15,17H,9-11,14H2,1-2H3;2-5,14H,1H3,(H,10,11)(H,12,13). The minimum Gasteiger partial charge on any atom is -0.376 e. The molecule has 4 aromatic rings. The molecule has 0 spiro atoms. The second kappa shape index (κ2) is 16.1. The number of rotatable bonds is 13. The molecule has 0 saturated heterocycles. The molecule has 220 valence electrons. The van der Waals surface area contributed by atoms with Gasteiger partial charge in [0.05, 0.1) is 38.4 Å². The number of aromatic nitrogens is 4. The van der Waals surface area contributed by atoms with Crippen molar-refractivity contribution in [3.63, 3.8) is 0 Å². The molecule has 1 amide bonds. The Morgan fingerprint density at radius 2 is 1.78 bits per heavy atom. The van der Waals surface area contributed by atoms with Crippen LogP contribution < -0.4 is 9.67 Å². The molecule has 0 aliphatic heterocycles. The molecule has 13 nitrogen and oxygen atoms in total. The quantitative estimate of drug-likeness (QED) is 0.113. The molecule has 0 aliphatic rings. The van der Waals surface area contributed by atoms with Crippen LogP contribution in [0.2, 0.25) is 0 Å². The first kappa shape index (κ1) is 32.1. The van der Waals surface area contributed by atoms with Crippen LogP contribution in [0.25, 0.3) is 11.2 Å². The SMILES string of the molecule is CC(=O)Nc1ccccc1[As](=O)(O)OO.CC(C)OCC(COCc1ccccc1)OCn1cnc2ncncc21. The number of fused-ring (bicyclic) bond motifs is 1. The zero-order valence-corrected chi connectivity index (χ0v) is 24.9. The molecule has 2 heterocycles. The predicted molar refractivity (Wildman–Crippen MR) is 150 cm³/mol. The first-order valence-corrected chi connectivity index (χ1v) is 16.0. The maximum atomic E-state index is 11.4. The Bertz CT molecular complexity index is 1420. The van der Waals surface area contributed by atoms with Crippen molar-refractivity contribution in [2.75, 3.05) is 18.5 Å². The van der Waals surface area contributed by atoms with Gasteiger partial charge in [-0.3, -0.25) is 0 Å². The van der Waals surface area contributed by atoms with E-state index in [1.54, 1.807) is 18.6 Å². The zero-order chi connectivity index (χ0) is 29.7. The van der Waals surface area contributed by atoms with Crippen LogP contribution in [0, 0.1) is 0 Å². The van der Waals surface area contributed by atoms with Gasteiger partial charge in [-0.2, -0.15) is 0 Å². The van der Waals surface area contributed by atoms with Gasteiger partial charge in [-0.1, -0.05) is 30.3 Å². The van der Waals surface area contributed by atoms with Gasteiger partial charge in [0.1, 0.15) is 24.7 Å². The summed E-state index contributed by atoms with van der Waals surface area (Å²) in [6, 6.07) is 15.9. The summed E-state index contributed by atoms with van der Waals surface area (Å²) in [5.74, 6) is -0.379. The van der Waals surface area contributed by atoms with E-state index in [2.05, 4.69) is 24.1 Å². The van der Waals surface area contributed by atoms with Crippen LogP contribution in [0.3, 0.4) is 0 Å². The molecule has 0 bridgehead atoms. The summed E-state index contributed by atoms with van der Waals surface area (Å²) in [4.78, 5) is 23.2. The molecular weight excluding hydrogens is 597 g/mol. The third-order valence-corrected chi connectivity index (χ3v) is 7.97. The predicted octanol–water partition coefficient (Wildman–Crippen LogP) is 2.51. The molecule has 2 aromatic carbocycles. The second-order valence-corrected chi connectivity index (χ2v) is 12.6. The number of carbonyl (C=O) groups is 1. The number of ether oxygens (including phenoxy) is 3. The molecule has 0 fully saturated rings. The number of carbonyl (C=O) groups excluding carboxylic acids is 1. The van der Waals surface area contributed by atoms with Crippen molar-refractivity contribution < 1.29 is 36.0 Å². The fourth-order valence-corrected chi connectivity index (χ4v) is 5.15. The fourth-order valence-electron chi connectivity index (χ4n) is 3.48. The molecule has 14 heteroatoms. The number of amides is 1. The Balaban J connectivity index is 0.000000263. The maximum absolute atomic E-state index is 11.4. The molecule has 2 aromatic heterocycles. The van der Waals surface area contributed by atoms with E-state index in [0.717, 1.165) is 11.1 Å². The van der Waals surface area contributed by atoms with Crippen molar-refractivity contribution in [2.45, 2.75) is 46.3 Å². The van der Waals surface area contributed by atoms with Crippen molar-refractivity contribution in [1.82, 2.24) is 19.5 Å². The van der Waals surface area contributed by atoms with E-state index in [4.69, 9.17) is 19.5 Å². The number of benzene rings is 2. The van der Waals surface area contributed by atoms with Crippen LogP contribution in [0.4, 0.5) is 5.69 Å². The summed E-state index contributed by atoms with van der Waals surface area (Å²) in [7, 11) is 0. The summed E-state index contributed by atoms with van der Waals surface area (Å²) in [6.45, 7) is 7.08. The van der Waals surface area contributed by atoms with E-state index in [-0.39, 0.29) is 28.2 Å². The Morgan fingerprint density at radius 3 is 2.49 bits per heavy atom. The second-order valence-electron chi connectivity index (χ2n) is 9.05. The molecule has 2 unspecified atom stereocenters. The van der Waals surface area contributed by atoms with Gasteiger partial charge in [0.2, 0.25) is 0 Å². The summed E-state index contributed by atoms with van der Waals surface area (Å²) in [5.41, 5.74) is 2.78. The normalized spacial score (nSPS) is 13.3. The smallest absolute Gasteiger partial charge is 0.180 e. The van der Waals surface area contributed by atoms with Gasteiger partial charge in [0.25, 0.3) is 0 Å². The summed E-state index contributed by atoms with van der Waals surface area (Å²) in [5, 5.41) is 10.7. The van der Waals surface area contributed by atoms with E-state index in [9.17, 15) is 12.6 Å². The van der Waals surface area contributed by atoms with E-state index < -0.39 is 14.2 Å². The van der Waals surface area contributed by atoms with Gasteiger partial charge in [-0.05, 0) is 19.4 Å². The number of para-hydroxylation sites is 1. The Labute approximate surface area is 240 Å². The van der Waals surface area contributed by atoms with Crippen LogP contribution in [0.15, 0.2) is 73.4 Å². The van der Waals surface area contributed by atoms with E-state index >= 15 is 0 Å². The number of nitrogens with one attached hydrogen (secondary N) is 1. The average molecular weight is 632 g/mol. The largest absolute Gasteiger partial charge is 0.376 e. The summed E-state index contributed by atoms with van der Waals surface area (Å²) in [6.07, 6.45) is 4.87. The minimum absolute atomic E-state index is 0.103. The van der Waals surface area contributed by atoms with Crippen molar-refractivity contribution in [3.05, 3.63) is 79.0 Å². The summed E-state index contributed by atoms with van der Waals surface area (Å²) >= 11 is -4.92. The van der Waals surface area contributed by atoms with E-state index in [1.807, 2.05) is 48.7 Å². The number of imidazole rings is 1. The Hall–Kier alpha value is -3.42. The third-order valence-electron chi connectivity index (χ3n) is 5.41. The average Bonchev–Trinajstić information content (AvgIpc) is 3.38. The van der Waals surface area contributed by atoms with Crippen LogP contribution in [-0.4, -0.2) is 74.4 Å². The molecule has 2 atom stereocenters. The first-order chi connectivity index (χ1) is 19.7. The fraction of sp³-hybridized carbons (Fsp3) is 0.333. The van der Waals surface area contributed by atoms with Crippen LogP contribution in [0.5, 0.6) is 0 Å². The molecule has 0 saturated carbocycles. The number of anilines is 1. The van der Waals surface area contributed by atoms with Crippen LogP contribution >= 0.6 is 0 Å². The molecule has 41 heavy (non-hydrogen) atoms. The van der Waals surface area contributed by atoms with E-state index in [1.165, 1.54) is 31.5 Å². The summed E-state index contributed by atoms with van der Waals surface area (Å²) < 4.78 is 43.5. The zero-order valence-electron chi connectivity index (χ0n) is 23.0. The van der Waals surface area contributed by atoms with Crippen molar-refractivity contribution in [1.29, 1.82) is 0 Å². The van der Waals surface area contributed by atoms with Gasteiger partial charge in [-0.15, -0.1) is 0 Å². The van der Waals surface area contributed by atoms with Crippen molar-refractivity contribution in [3.8, 4) is 0 Å². The van der Waals surface area contributed by atoms with Crippen LogP contribution in [-0.2, 0) is 40.0 Å². The molecule has 0 radical (unpaired) electrons. The number of hydrogen-bond acceptors (Lipinski definition) is 10. The first-order valence-electron chi connectivity index (χ1n) is 12.7. The van der Waals surface area contributed by atoms with Gasteiger partial charge in [0, 0.05) is 0 Å². The minimum atomic E-state index is -4.92. The molecule has 4 rings (SSSR count). The molecular formula is C27H34AsN5O8. The third kappa shape index (κ3) is 10.5. The topological polar surface area (TPSA) is 167 Å². The van der Waals surface area contributed by atoms with Gasteiger partial charge < -0.3 is 18.8 Å². The van der Waals surface area contributed by atoms with Gasteiger partial charge in [-0.25, -0.2) is 15.0 Å². The monoisotopic (exact) mass is 631 g/mol. The molecule has 0 aliphatic carbocycles. The number of nitrogens with zero attached hydrogens (tertiary/aromatic N) is 4. The van der Waals surface area contributed by atoms with Crippen molar-refractivity contribution >= 4 is 41.3 Å². The van der Waals surface area contributed by atoms with Crippen molar-refractivity contribution in [2.24, 2.45) is 0 Å². The molecule has 3 N–H and O–H groups in total. The number of hydrogen-bond donors (Lipinski definition) is 3. The van der Waals surface area contributed by atoms with E-state index in [0.29, 0.717) is 32.2 Å². The van der Waals surface area contributed by atoms with Gasteiger partial charge in [0.15, 0.2) is 5.65 Å². The maximum Gasteiger partial charge on any atom is 0.180 e. The Kier molecular flexibility index (Phi) is 12.6.